The highest BCUT2D eigenvalue weighted by Gasteiger charge is 2.08. The second-order valence-electron chi connectivity index (χ2n) is 3.76. The van der Waals surface area contributed by atoms with Gasteiger partial charge in [-0.25, -0.2) is 0 Å². The van der Waals surface area contributed by atoms with Crippen molar-refractivity contribution in [2.75, 3.05) is 19.4 Å². The van der Waals surface area contributed by atoms with Gasteiger partial charge >= 0.3 is 0 Å². The molecule has 0 spiro atoms. The first-order valence-electron chi connectivity index (χ1n) is 5.79. The van der Waals surface area contributed by atoms with E-state index in [1.807, 2.05) is 0 Å². The number of nitrogens with one attached hydrogen (secondary N) is 2. The van der Waals surface area contributed by atoms with Crippen LogP contribution >= 0.6 is 9.24 Å². The number of primary amides is 1. The minimum Gasteiger partial charge on any atom is -0.490 e. The molecular formula is C12H16N3O4P. The van der Waals surface area contributed by atoms with Gasteiger partial charge in [0.2, 0.25) is 11.8 Å². The molecule has 8 heteroatoms. The Hall–Kier alpha value is -2.14. The molecule has 0 heterocycles. The Morgan fingerprint density at radius 1 is 1.10 bits per heavy atom. The molecule has 0 radical (unpaired) electrons. The summed E-state index contributed by atoms with van der Waals surface area (Å²) in [6.07, 6.45) is 0.464. The van der Waals surface area contributed by atoms with Gasteiger partial charge in [0.05, 0.1) is 13.1 Å². The van der Waals surface area contributed by atoms with Crippen LogP contribution in [0.3, 0.4) is 0 Å². The number of ether oxygens (including phenoxy) is 1. The van der Waals surface area contributed by atoms with Crippen molar-refractivity contribution in [1.29, 1.82) is 0 Å². The van der Waals surface area contributed by atoms with Crippen LogP contribution in [0.1, 0.15) is 10.4 Å². The highest BCUT2D eigenvalue weighted by atomic mass is 31.0. The molecule has 0 aromatic heterocycles. The van der Waals surface area contributed by atoms with Crippen LogP contribution in [0, 0.1) is 0 Å². The number of nitrogens with two attached hydrogens (primary N) is 1. The summed E-state index contributed by atoms with van der Waals surface area (Å²) in [6, 6.07) is 6.50. The quantitative estimate of drug-likeness (QED) is 0.574. The molecule has 0 aliphatic rings. The molecule has 1 unspecified atom stereocenters. The fourth-order valence-electron chi connectivity index (χ4n) is 1.31. The van der Waals surface area contributed by atoms with Gasteiger partial charge in [-0.05, 0) is 24.3 Å². The average molecular weight is 297 g/mol. The SMILES string of the molecule is NC(=O)CNC(=O)CNC(=O)c1ccc(OCP)cc1. The molecule has 4 N–H and O–H groups in total. The van der Waals surface area contributed by atoms with Crippen LogP contribution in [-0.4, -0.2) is 37.2 Å². The van der Waals surface area contributed by atoms with E-state index in [-0.39, 0.29) is 13.1 Å². The van der Waals surface area contributed by atoms with Crippen LogP contribution in [-0.2, 0) is 9.59 Å². The van der Waals surface area contributed by atoms with E-state index in [9.17, 15) is 14.4 Å². The van der Waals surface area contributed by atoms with E-state index in [1.54, 1.807) is 24.3 Å². The summed E-state index contributed by atoms with van der Waals surface area (Å²) in [7, 11) is 2.42. The van der Waals surface area contributed by atoms with E-state index >= 15 is 0 Å². The number of carbonyl (C=O) groups is 3. The van der Waals surface area contributed by atoms with E-state index in [0.717, 1.165) is 0 Å². The summed E-state index contributed by atoms with van der Waals surface area (Å²) >= 11 is 0. The van der Waals surface area contributed by atoms with Crippen LogP contribution in [0.25, 0.3) is 0 Å². The molecule has 1 atom stereocenters. The van der Waals surface area contributed by atoms with Gasteiger partial charge in [-0.3, -0.25) is 14.4 Å². The zero-order valence-corrected chi connectivity index (χ0v) is 11.9. The third-order valence-corrected chi connectivity index (χ3v) is 2.40. The van der Waals surface area contributed by atoms with Crippen LogP contribution < -0.4 is 21.1 Å². The summed E-state index contributed by atoms with van der Waals surface area (Å²) in [5.74, 6) is -0.873. The first kappa shape index (κ1) is 15.9. The molecule has 1 aromatic rings. The lowest BCUT2D eigenvalue weighted by atomic mass is 10.2. The van der Waals surface area contributed by atoms with Gasteiger partial charge in [-0.1, -0.05) is 9.24 Å². The van der Waals surface area contributed by atoms with Gasteiger partial charge in [0.25, 0.3) is 5.91 Å². The molecule has 20 heavy (non-hydrogen) atoms. The zero-order valence-electron chi connectivity index (χ0n) is 10.7. The topological polar surface area (TPSA) is 111 Å². The molecule has 0 saturated carbocycles. The Balaban J connectivity index is 2.42. The smallest absolute Gasteiger partial charge is 0.251 e. The monoisotopic (exact) mass is 297 g/mol. The predicted octanol–water partition coefficient (Wildman–Crippen LogP) is -0.771. The number of hydrogen-bond acceptors (Lipinski definition) is 4. The third-order valence-electron chi connectivity index (χ3n) is 2.24. The number of benzene rings is 1. The molecule has 1 rings (SSSR count). The summed E-state index contributed by atoms with van der Waals surface area (Å²) in [4.78, 5) is 33.5. The van der Waals surface area contributed by atoms with Gasteiger partial charge in [0.15, 0.2) is 0 Å². The van der Waals surface area contributed by atoms with Crippen LogP contribution in [0.2, 0.25) is 0 Å². The minimum atomic E-state index is -0.644. The maximum absolute atomic E-state index is 11.7. The van der Waals surface area contributed by atoms with Crippen molar-refractivity contribution in [3.63, 3.8) is 0 Å². The van der Waals surface area contributed by atoms with Crippen molar-refractivity contribution >= 4 is 27.0 Å². The highest BCUT2D eigenvalue weighted by molar-refractivity contribution is 7.16. The van der Waals surface area contributed by atoms with Gasteiger partial charge < -0.3 is 21.1 Å². The number of hydrogen-bond donors (Lipinski definition) is 3. The first-order valence-corrected chi connectivity index (χ1v) is 6.60. The second-order valence-corrected chi connectivity index (χ2v) is 4.09. The molecule has 0 bridgehead atoms. The Kier molecular flexibility index (Phi) is 6.46. The molecule has 3 amide bonds. The molecule has 0 saturated heterocycles. The largest absolute Gasteiger partial charge is 0.490 e. The predicted molar refractivity (Wildman–Crippen MR) is 76.2 cm³/mol. The van der Waals surface area contributed by atoms with Gasteiger partial charge in [0, 0.05) is 5.56 Å². The Morgan fingerprint density at radius 3 is 2.30 bits per heavy atom. The number of amides is 3. The third kappa shape index (κ3) is 5.67. The number of carbonyl (C=O) groups excluding carboxylic acids is 3. The Labute approximate surface area is 118 Å². The van der Waals surface area contributed by atoms with Crippen molar-refractivity contribution in [3.8, 4) is 5.75 Å². The summed E-state index contributed by atoms with van der Waals surface area (Å²) in [6.45, 7) is -0.480. The Morgan fingerprint density at radius 2 is 1.75 bits per heavy atom. The Bertz CT molecular complexity index is 490. The van der Waals surface area contributed by atoms with Crippen molar-refractivity contribution in [2.24, 2.45) is 5.73 Å². The van der Waals surface area contributed by atoms with E-state index in [2.05, 4.69) is 19.9 Å². The summed E-state index contributed by atoms with van der Waals surface area (Å²) in [5.41, 5.74) is 5.28. The van der Waals surface area contributed by atoms with Crippen molar-refractivity contribution in [3.05, 3.63) is 29.8 Å². The minimum absolute atomic E-state index is 0.226. The zero-order chi connectivity index (χ0) is 15.0. The molecule has 0 fully saturated rings. The molecule has 0 aliphatic carbocycles. The second kappa shape index (κ2) is 8.12. The van der Waals surface area contributed by atoms with Crippen molar-refractivity contribution in [2.45, 2.75) is 0 Å². The maximum Gasteiger partial charge on any atom is 0.251 e. The average Bonchev–Trinajstić information content (AvgIpc) is 2.43. The standard InChI is InChI=1S/C12H16N3O4P/c13-10(16)5-14-11(17)6-15-12(18)8-1-3-9(4-2-8)19-7-20/h1-4H,5-7,20H2,(H2,13,16)(H,14,17)(H,15,18). The van der Waals surface area contributed by atoms with Gasteiger partial charge in [-0.15, -0.1) is 0 Å². The maximum atomic E-state index is 11.7. The summed E-state index contributed by atoms with van der Waals surface area (Å²) in [5, 5.41) is 4.69. The highest BCUT2D eigenvalue weighted by Crippen LogP contribution is 2.12. The molecule has 7 nitrogen and oxygen atoms in total. The van der Waals surface area contributed by atoms with E-state index in [0.29, 0.717) is 17.7 Å². The van der Waals surface area contributed by atoms with E-state index < -0.39 is 17.7 Å². The lowest BCUT2D eigenvalue weighted by molar-refractivity contribution is -0.124. The normalized spacial score (nSPS) is 9.65. The van der Waals surface area contributed by atoms with E-state index in [4.69, 9.17) is 10.5 Å². The van der Waals surface area contributed by atoms with Crippen molar-refractivity contribution < 1.29 is 19.1 Å². The van der Waals surface area contributed by atoms with E-state index in [1.165, 1.54) is 0 Å². The van der Waals surface area contributed by atoms with Crippen LogP contribution in [0.15, 0.2) is 24.3 Å². The van der Waals surface area contributed by atoms with Crippen molar-refractivity contribution in [1.82, 2.24) is 10.6 Å². The fourth-order valence-corrected chi connectivity index (χ4v) is 1.50. The molecule has 0 aliphatic heterocycles. The molecule has 108 valence electrons. The lowest BCUT2D eigenvalue weighted by Gasteiger charge is -2.07. The van der Waals surface area contributed by atoms with Crippen LogP contribution in [0.5, 0.6) is 5.75 Å². The van der Waals surface area contributed by atoms with Gasteiger partial charge in [0.1, 0.15) is 12.1 Å². The van der Waals surface area contributed by atoms with Gasteiger partial charge in [-0.2, -0.15) is 0 Å². The lowest BCUT2D eigenvalue weighted by Crippen LogP contribution is -2.40. The molecule has 1 aromatic carbocycles. The molecular weight excluding hydrogens is 281 g/mol. The summed E-state index contributed by atoms with van der Waals surface area (Å²) < 4.78 is 5.22. The first-order chi connectivity index (χ1) is 9.52. The number of rotatable bonds is 7. The fraction of sp³-hybridized carbons (Fsp3) is 0.250. The van der Waals surface area contributed by atoms with Crippen LogP contribution in [0.4, 0.5) is 0 Å².